The number of carbonyl (C=O) groups is 2. The molecule has 0 aliphatic carbocycles. The summed E-state index contributed by atoms with van der Waals surface area (Å²) in [4.78, 5) is 26.7. The number of ether oxygens (including phenoxy) is 1. The predicted molar refractivity (Wildman–Crippen MR) is 91.3 cm³/mol. The Labute approximate surface area is 151 Å². The van der Waals surface area contributed by atoms with Gasteiger partial charge in [-0.05, 0) is 36.4 Å². The Kier molecular flexibility index (Phi) is 5.08. The normalized spacial score (nSPS) is 14.0. The van der Waals surface area contributed by atoms with Crippen molar-refractivity contribution in [3.63, 3.8) is 0 Å². The first-order chi connectivity index (χ1) is 12.3. The Balaban J connectivity index is 1.65. The van der Waals surface area contributed by atoms with Gasteiger partial charge in [0.1, 0.15) is 12.3 Å². The molecule has 0 spiro atoms. The lowest BCUT2D eigenvalue weighted by Crippen LogP contribution is -2.41. The van der Waals surface area contributed by atoms with E-state index in [0.29, 0.717) is 11.4 Å². The standard InChI is InChI=1S/C17H13F3N2O3S/c18-17(19,20)25-12-7-5-11(6-8-12)21-15(23)9-22-13-3-1-2-4-14(13)26-10-16(22)24/h1-8H,9-10H2,(H,21,23). The smallest absolute Gasteiger partial charge is 0.406 e. The molecular weight excluding hydrogens is 369 g/mol. The van der Waals surface area contributed by atoms with E-state index in [2.05, 4.69) is 10.1 Å². The van der Waals surface area contributed by atoms with Crippen LogP contribution in [0.2, 0.25) is 0 Å². The number of nitrogens with zero attached hydrogens (tertiary/aromatic N) is 1. The van der Waals surface area contributed by atoms with Crippen molar-refractivity contribution >= 4 is 35.0 Å². The number of rotatable bonds is 4. The van der Waals surface area contributed by atoms with Crippen molar-refractivity contribution in [2.75, 3.05) is 22.5 Å². The molecule has 2 aromatic carbocycles. The van der Waals surface area contributed by atoms with Crippen LogP contribution >= 0.6 is 11.8 Å². The van der Waals surface area contributed by atoms with Crippen molar-refractivity contribution in [3.8, 4) is 5.75 Å². The fraction of sp³-hybridized carbons (Fsp3) is 0.176. The lowest BCUT2D eigenvalue weighted by molar-refractivity contribution is -0.274. The number of thioether (sulfide) groups is 1. The number of benzene rings is 2. The van der Waals surface area contributed by atoms with E-state index in [1.165, 1.54) is 28.8 Å². The Morgan fingerprint density at radius 3 is 2.54 bits per heavy atom. The Morgan fingerprint density at radius 1 is 1.15 bits per heavy atom. The number of halogens is 3. The van der Waals surface area contributed by atoms with Crippen LogP contribution in [0.5, 0.6) is 5.75 Å². The van der Waals surface area contributed by atoms with Gasteiger partial charge in [0.15, 0.2) is 0 Å². The maximum absolute atomic E-state index is 12.2. The number of para-hydroxylation sites is 1. The van der Waals surface area contributed by atoms with E-state index in [4.69, 9.17) is 0 Å². The SMILES string of the molecule is O=C(CN1C(=O)CSc2ccccc21)Nc1ccc(OC(F)(F)F)cc1. The molecule has 1 aliphatic rings. The molecule has 3 rings (SSSR count). The third-order valence-corrected chi connectivity index (χ3v) is 4.53. The van der Waals surface area contributed by atoms with Crippen LogP contribution in [-0.2, 0) is 9.59 Å². The second-order valence-electron chi connectivity index (χ2n) is 5.36. The zero-order chi connectivity index (χ0) is 18.7. The van der Waals surface area contributed by atoms with E-state index in [9.17, 15) is 22.8 Å². The Bertz CT molecular complexity index is 825. The van der Waals surface area contributed by atoms with Crippen LogP contribution in [0.15, 0.2) is 53.4 Å². The molecule has 1 aliphatic heterocycles. The number of anilines is 2. The molecule has 0 saturated carbocycles. The lowest BCUT2D eigenvalue weighted by Gasteiger charge is -2.28. The van der Waals surface area contributed by atoms with E-state index in [1.54, 1.807) is 12.1 Å². The summed E-state index contributed by atoms with van der Waals surface area (Å²) in [7, 11) is 0. The number of alkyl halides is 3. The maximum Gasteiger partial charge on any atom is 0.573 e. The lowest BCUT2D eigenvalue weighted by atomic mass is 10.2. The van der Waals surface area contributed by atoms with Crippen molar-refractivity contribution < 1.29 is 27.5 Å². The van der Waals surface area contributed by atoms with Gasteiger partial charge in [-0.25, -0.2) is 0 Å². The highest BCUT2D eigenvalue weighted by Crippen LogP contribution is 2.34. The second-order valence-corrected chi connectivity index (χ2v) is 6.37. The molecule has 2 amide bonds. The van der Waals surface area contributed by atoms with Gasteiger partial charge in [0, 0.05) is 10.6 Å². The molecule has 0 unspecified atom stereocenters. The summed E-state index contributed by atoms with van der Waals surface area (Å²) < 4.78 is 40.2. The number of hydrogen-bond donors (Lipinski definition) is 1. The number of nitrogens with one attached hydrogen (secondary N) is 1. The monoisotopic (exact) mass is 382 g/mol. The first-order valence-corrected chi connectivity index (χ1v) is 8.48. The van der Waals surface area contributed by atoms with Crippen molar-refractivity contribution in [1.29, 1.82) is 0 Å². The van der Waals surface area contributed by atoms with Gasteiger partial charge in [-0.15, -0.1) is 24.9 Å². The van der Waals surface area contributed by atoms with Gasteiger partial charge in [-0.3, -0.25) is 9.59 Å². The summed E-state index contributed by atoms with van der Waals surface area (Å²) in [6.45, 7) is -0.183. The summed E-state index contributed by atoms with van der Waals surface area (Å²) in [5.74, 6) is -0.775. The molecule has 0 aromatic heterocycles. The van der Waals surface area contributed by atoms with Crippen molar-refractivity contribution in [3.05, 3.63) is 48.5 Å². The van der Waals surface area contributed by atoms with Crippen LogP contribution in [0.3, 0.4) is 0 Å². The number of fused-ring (bicyclic) bond motifs is 1. The quantitative estimate of drug-likeness (QED) is 0.877. The third-order valence-electron chi connectivity index (χ3n) is 3.48. The highest BCUT2D eigenvalue weighted by atomic mass is 32.2. The molecule has 26 heavy (non-hydrogen) atoms. The molecule has 2 aromatic rings. The van der Waals surface area contributed by atoms with Crippen molar-refractivity contribution in [2.24, 2.45) is 0 Å². The van der Waals surface area contributed by atoms with Crippen LogP contribution in [0.25, 0.3) is 0 Å². The van der Waals surface area contributed by atoms with E-state index in [-0.39, 0.29) is 24.0 Å². The van der Waals surface area contributed by atoms with Gasteiger partial charge in [-0.2, -0.15) is 0 Å². The van der Waals surface area contributed by atoms with E-state index in [0.717, 1.165) is 17.0 Å². The molecule has 0 atom stereocenters. The Morgan fingerprint density at radius 2 is 1.85 bits per heavy atom. The van der Waals surface area contributed by atoms with E-state index in [1.807, 2.05) is 12.1 Å². The van der Waals surface area contributed by atoms with E-state index < -0.39 is 12.3 Å². The molecule has 1 heterocycles. The zero-order valence-electron chi connectivity index (χ0n) is 13.2. The van der Waals surface area contributed by atoms with Gasteiger partial charge < -0.3 is 15.0 Å². The van der Waals surface area contributed by atoms with Gasteiger partial charge >= 0.3 is 6.36 Å². The highest BCUT2D eigenvalue weighted by Gasteiger charge is 2.31. The first kappa shape index (κ1) is 18.1. The van der Waals surface area contributed by atoms with Gasteiger partial charge in [0.05, 0.1) is 11.4 Å². The summed E-state index contributed by atoms with van der Waals surface area (Å²) in [6.07, 6.45) is -4.77. The van der Waals surface area contributed by atoms with Crippen LogP contribution in [0.4, 0.5) is 24.5 Å². The molecule has 136 valence electrons. The summed E-state index contributed by atoms with van der Waals surface area (Å²) in [6, 6.07) is 12.0. The van der Waals surface area contributed by atoms with Crippen molar-refractivity contribution in [2.45, 2.75) is 11.3 Å². The average molecular weight is 382 g/mol. The first-order valence-electron chi connectivity index (χ1n) is 7.50. The molecule has 0 fully saturated rings. The summed E-state index contributed by atoms with van der Waals surface area (Å²) >= 11 is 1.41. The van der Waals surface area contributed by atoms with Crippen LogP contribution < -0.4 is 15.0 Å². The van der Waals surface area contributed by atoms with Crippen LogP contribution in [0.1, 0.15) is 0 Å². The maximum atomic E-state index is 12.2. The average Bonchev–Trinajstić information content (AvgIpc) is 2.58. The number of hydrogen-bond acceptors (Lipinski definition) is 4. The third kappa shape index (κ3) is 4.48. The second kappa shape index (κ2) is 7.28. The minimum absolute atomic E-state index is 0.183. The minimum Gasteiger partial charge on any atom is -0.406 e. The number of carbonyl (C=O) groups excluding carboxylic acids is 2. The molecule has 1 N–H and O–H groups in total. The largest absolute Gasteiger partial charge is 0.573 e. The fourth-order valence-electron chi connectivity index (χ4n) is 2.41. The van der Waals surface area contributed by atoms with Crippen molar-refractivity contribution in [1.82, 2.24) is 0 Å². The molecule has 5 nitrogen and oxygen atoms in total. The predicted octanol–water partition coefficient (Wildman–Crippen LogP) is 3.66. The minimum atomic E-state index is -4.77. The van der Waals surface area contributed by atoms with Gasteiger partial charge in [0.25, 0.3) is 0 Å². The van der Waals surface area contributed by atoms with E-state index >= 15 is 0 Å². The topological polar surface area (TPSA) is 58.6 Å². The van der Waals surface area contributed by atoms with Crippen LogP contribution in [-0.4, -0.2) is 30.5 Å². The van der Waals surface area contributed by atoms with Gasteiger partial charge in [-0.1, -0.05) is 12.1 Å². The zero-order valence-corrected chi connectivity index (χ0v) is 14.1. The number of amides is 2. The fourth-order valence-corrected chi connectivity index (χ4v) is 3.35. The molecule has 0 bridgehead atoms. The Hall–Kier alpha value is -2.68. The molecular formula is C17H13F3N2O3S. The molecule has 0 saturated heterocycles. The van der Waals surface area contributed by atoms with Gasteiger partial charge in [0.2, 0.25) is 11.8 Å². The highest BCUT2D eigenvalue weighted by molar-refractivity contribution is 8.00. The summed E-state index contributed by atoms with van der Waals surface area (Å²) in [5.41, 5.74) is 0.967. The molecule has 9 heteroatoms. The molecule has 0 radical (unpaired) electrons. The van der Waals surface area contributed by atoms with Crippen LogP contribution in [0, 0.1) is 0 Å². The summed E-state index contributed by atoms with van der Waals surface area (Å²) in [5, 5.41) is 2.55.